The molecule has 0 aliphatic heterocycles. The summed E-state index contributed by atoms with van der Waals surface area (Å²) in [7, 11) is 2.84. The Morgan fingerprint density at radius 3 is 2.54 bits per heavy atom. The topological polar surface area (TPSA) is 98.9 Å². The van der Waals surface area contributed by atoms with Gasteiger partial charge in [-0.3, -0.25) is 15.5 Å². The second-order valence-corrected chi connectivity index (χ2v) is 6.89. The standard InChI is InChI=1S/C19H18N4O4S/c1-12-18(13-7-5-4-6-8-13)21-19(28-12)22-20-11-14-9-15(23(24)25)17(27-3)10-16(14)26-2/h4-11H,1-3H3,(H,21,22)/b20-11-. The molecule has 1 N–H and O–H groups in total. The van der Waals surface area contributed by atoms with E-state index in [1.54, 1.807) is 0 Å². The number of benzene rings is 2. The van der Waals surface area contributed by atoms with E-state index in [1.807, 2.05) is 37.3 Å². The number of nitrogens with zero attached hydrogens (tertiary/aromatic N) is 3. The molecule has 1 heterocycles. The average Bonchev–Trinajstić information content (AvgIpc) is 3.08. The zero-order valence-electron chi connectivity index (χ0n) is 15.5. The molecule has 1 aromatic heterocycles. The number of hydrazone groups is 1. The number of aryl methyl sites for hydroxylation is 1. The van der Waals surface area contributed by atoms with Gasteiger partial charge in [0.2, 0.25) is 10.9 Å². The normalized spacial score (nSPS) is 10.8. The first-order valence-electron chi connectivity index (χ1n) is 8.25. The maximum Gasteiger partial charge on any atom is 0.311 e. The molecule has 0 spiro atoms. The number of anilines is 1. The molecule has 0 bridgehead atoms. The quantitative estimate of drug-likeness (QED) is 0.358. The molecule has 3 rings (SSSR count). The van der Waals surface area contributed by atoms with Crippen LogP contribution in [0, 0.1) is 17.0 Å². The van der Waals surface area contributed by atoms with Gasteiger partial charge in [0.1, 0.15) is 5.75 Å². The maximum absolute atomic E-state index is 11.2. The second kappa shape index (κ2) is 8.49. The van der Waals surface area contributed by atoms with Crippen molar-refractivity contribution in [3.63, 3.8) is 0 Å². The van der Waals surface area contributed by atoms with Gasteiger partial charge in [0.15, 0.2) is 0 Å². The largest absolute Gasteiger partial charge is 0.496 e. The van der Waals surface area contributed by atoms with Crippen molar-refractivity contribution in [1.82, 2.24) is 4.98 Å². The minimum absolute atomic E-state index is 0.120. The van der Waals surface area contributed by atoms with E-state index in [0.29, 0.717) is 16.4 Å². The van der Waals surface area contributed by atoms with E-state index in [1.165, 1.54) is 43.9 Å². The van der Waals surface area contributed by atoms with Crippen LogP contribution in [0.5, 0.6) is 11.5 Å². The number of methoxy groups -OCH3 is 2. The molecule has 0 fully saturated rings. The van der Waals surface area contributed by atoms with Crippen LogP contribution in [-0.4, -0.2) is 30.3 Å². The van der Waals surface area contributed by atoms with Crippen molar-refractivity contribution < 1.29 is 14.4 Å². The number of nitrogens with one attached hydrogen (secondary N) is 1. The monoisotopic (exact) mass is 398 g/mol. The SMILES string of the molecule is COc1cc(OC)c([N+](=O)[O-])cc1/C=N\Nc1nc(-c2ccccc2)c(C)s1. The van der Waals surface area contributed by atoms with Gasteiger partial charge >= 0.3 is 5.69 Å². The molecule has 9 heteroatoms. The lowest BCUT2D eigenvalue weighted by atomic mass is 10.1. The lowest BCUT2D eigenvalue weighted by molar-refractivity contribution is -0.385. The van der Waals surface area contributed by atoms with Gasteiger partial charge < -0.3 is 9.47 Å². The minimum atomic E-state index is -0.515. The summed E-state index contributed by atoms with van der Waals surface area (Å²) in [5.74, 6) is 0.531. The Balaban J connectivity index is 1.83. The molecule has 0 aliphatic rings. The van der Waals surface area contributed by atoms with Gasteiger partial charge in [-0.2, -0.15) is 5.10 Å². The predicted octanol–water partition coefficient (Wildman–Crippen LogP) is 4.49. The van der Waals surface area contributed by atoms with Crippen LogP contribution in [0.3, 0.4) is 0 Å². The summed E-state index contributed by atoms with van der Waals surface area (Å²) in [5.41, 5.74) is 5.07. The predicted molar refractivity (Wildman–Crippen MR) is 110 cm³/mol. The summed E-state index contributed by atoms with van der Waals surface area (Å²) < 4.78 is 10.3. The summed E-state index contributed by atoms with van der Waals surface area (Å²) >= 11 is 1.47. The molecular formula is C19H18N4O4S. The second-order valence-electron chi connectivity index (χ2n) is 5.68. The molecule has 0 radical (unpaired) electrons. The number of thiazole rings is 1. The molecule has 0 atom stereocenters. The van der Waals surface area contributed by atoms with Gasteiger partial charge in [-0.15, -0.1) is 11.3 Å². The van der Waals surface area contributed by atoms with E-state index < -0.39 is 4.92 Å². The summed E-state index contributed by atoms with van der Waals surface area (Å²) in [6, 6.07) is 12.7. The number of nitro benzene ring substituents is 1. The Kier molecular flexibility index (Phi) is 5.85. The van der Waals surface area contributed by atoms with E-state index >= 15 is 0 Å². The third-order valence-electron chi connectivity index (χ3n) is 3.94. The third kappa shape index (κ3) is 4.09. The number of ether oxygens (including phenoxy) is 2. The van der Waals surface area contributed by atoms with Gasteiger partial charge in [0, 0.05) is 28.1 Å². The fourth-order valence-corrected chi connectivity index (χ4v) is 3.40. The highest BCUT2D eigenvalue weighted by Crippen LogP contribution is 2.34. The van der Waals surface area contributed by atoms with E-state index in [4.69, 9.17) is 9.47 Å². The van der Waals surface area contributed by atoms with Gasteiger partial charge in [0.05, 0.1) is 31.1 Å². The van der Waals surface area contributed by atoms with Gasteiger partial charge in [0.25, 0.3) is 0 Å². The van der Waals surface area contributed by atoms with E-state index in [0.717, 1.165) is 16.1 Å². The third-order valence-corrected chi connectivity index (χ3v) is 4.81. The summed E-state index contributed by atoms with van der Waals surface area (Å²) in [4.78, 5) is 16.3. The number of nitro groups is 1. The van der Waals surface area contributed by atoms with Crippen LogP contribution in [0.15, 0.2) is 47.6 Å². The van der Waals surface area contributed by atoms with Crippen LogP contribution >= 0.6 is 11.3 Å². The fraction of sp³-hybridized carbons (Fsp3) is 0.158. The molecule has 0 unspecified atom stereocenters. The van der Waals surface area contributed by atoms with Gasteiger partial charge in [-0.1, -0.05) is 30.3 Å². The number of hydrogen-bond acceptors (Lipinski definition) is 8. The Labute approximate surface area is 165 Å². The zero-order chi connectivity index (χ0) is 20.1. The lowest BCUT2D eigenvalue weighted by Gasteiger charge is -2.08. The fourth-order valence-electron chi connectivity index (χ4n) is 2.61. The molecule has 0 aliphatic carbocycles. The van der Waals surface area contributed by atoms with Crippen molar-refractivity contribution in [2.24, 2.45) is 5.10 Å². The minimum Gasteiger partial charge on any atom is -0.496 e. The van der Waals surface area contributed by atoms with E-state index in [9.17, 15) is 10.1 Å². The highest BCUT2D eigenvalue weighted by Gasteiger charge is 2.19. The summed E-state index contributed by atoms with van der Waals surface area (Å²) in [5, 5.41) is 16.0. The molecule has 3 aromatic rings. The van der Waals surface area contributed by atoms with E-state index in [-0.39, 0.29) is 11.4 Å². The van der Waals surface area contributed by atoms with Crippen molar-refractivity contribution in [1.29, 1.82) is 0 Å². The van der Waals surface area contributed by atoms with Crippen LogP contribution in [0.4, 0.5) is 10.8 Å². The lowest BCUT2D eigenvalue weighted by Crippen LogP contribution is -1.99. The maximum atomic E-state index is 11.2. The summed E-state index contributed by atoms with van der Waals surface area (Å²) in [6.45, 7) is 1.99. The Hall–Kier alpha value is -3.46. The highest BCUT2D eigenvalue weighted by atomic mass is 32.1. The van der Waals surface area contributed by atoms with Crippen LogP contribution in [-0.2, 0) is 0 Å². The molecular weight excluding hydrogens is 380 g/mol. The Bertz CT molecular complexity index is 1020. The average molecular weight is 398 g/mol. The van der Waals surface area contributed by atoms with Gasteiger partial charge in [-0.25, -0.2) is 4.98 Å². The van der Waals surface area contributed by atoms with Crippen LogP contribution in [0.1, 0.15) is 10.4 Å². The molecule has 8 nitrogen and oxygen atoms in total. The van der Waals surface area contributed by atoms with Crippen molar-refractivity contribution in [3.8, 4) is 22.8 Å². The molecule has 0 saturated carbocycles. The van der Waals surface area contributed by atoms with Crippen LogP contribution < -0.4 is 14.9 Å². The molecule has 144 valence electrons. The Morgan fingerprint density at radius 1 is 1.18 bits per heavy atom. The van der Waals surface area contributed by atoms with Crippen molar-refractivity contribution in [3.05, 3.63) is 63.0 Å². The van der Waals surface area contributed by atoms with Crippen molar-refractivity contribution in [2.45, 2.75) is 6.92 Å². The number of hydrogen-bond donors (Lipinski definition) is 1. The molecule has 0 amide bonds. The zero-order valence-corrected chi connectivity index (χ0v) is 16.3. The smallest absolute Gasteiger partial charge is 0.311 e. The van der Waals surface area contributed by atoms with Crippen LogP contribution in [0.2, 0.25) is 0 Å². The first kappa shape index (κ1) is 19.3. The van der Waals surface area contributed by atoms with Crippen molar-refractivity contribution >= 4 is 28.4 Å². The Morgan fingerprint density at radius 2 is 1.89 bits per heavy atom. The molecule has 28 heavy (non-hydrogen) atoms. The number of rotatable bonds is 7. The van der Waals surface area contributed by atoms with Crippen LogP contribution in [0.25, 0.3) is 11.3 Å². The summed E-state index contributed by atoms with van der Waals surface area (Å²) in [6.07, 6.45) is 1.45. The number of aromatic nitrogens is 1. The van der Waals surface area contributed by atoms with Crippen molar-refractivity contribution in [2.75, 3.05) is 19.6 Å². The first-order chi connectivity index (χ1) is 13.5. The first-order valence-corrected chi connectivity index (χ1v) is 9.07. The van der Waals surface area contributed by atoms with E-state index in [2.05, 4.69) is 15.5 Å². The molecule has 2 aromatic carbocycles. The highest BCUT2D eigenvalue weighted by molar-refractivity contribution is 7.15. The molecule has 0 saturated heterocycles. The van der Waals surface area contributed by atoms with Gasteiger partial charge in [-0.05, 0) is 6.92 Å².